The lowest BCUT2D eigenvalue weighted by atomic mass is 10.2. The van der Waals surface area contributed by atoms with Gasteiger partial charge in [0.15, 0.2) is 0 Å². The molecule has 0 bridgehead atoms. The smallest absolute Gasteiger partial charge is 0.416 e. The second kappa shape index (κ2) is 4.97. The van der Waals surface area contributed by atoms with Gasteiger partial charge < -0.3 is 10.5 Å². The first-order valence-corrected chi connectivity index (χ1v) is 5.48. The van der Waals surface area contributed by atoms with E-state index in [0.717, 1.165) is 12.1 Å². The second-order valence-electron chi connectivity index (χ2n) is 3.73. The highest BCUT2D eigenvalue weighted by molar-refractivity contribution is 6.30. The quantitative estimate of drug-likeness (QED) is 0.845. The first-order valence-electron chi connectivity index (χ1n) is 5.11. The van der Waals surface area contributed by atoms with Crippen LogP contribution in [0.5, 0.6) is 11.5 Å². The molecule has 0 fully saturated rings. The lowest BCUT2D eigenvalue weighted by Gasteiger charge is -2.11. The van der Waals surface area contributed by atoms with Gasteiger partial charge in [-0.3, -0.25) is 4.98 Å². The van der Waals surface area contributed by atoms with E-state index < -0.39 is 11.7 Å². The van der Waals surface area contributed by atoms with Crippen molar-refractivity contribution in [3.63, 3.8) is 0 Å². The van der Waals surface area contributed by atoms with Gasteiger partial charge in [-0.2, -0.15) is 13.2 Å². The summed E-state index contributed by atoms with van der Waals surface area (Å²) in [4.78, 5) is 3.76. The molecule has 0 unspecified atom stereocenters. The first kappa shape index (κ1) is 13.5. The molecule has 0 aliphatic heterocycles. The molecule has 2 aromatic rings. The summed E-state index contributed by atoms with van der Waals surface area (Å²) in [6.07, 6.45) is -1.77. The van der Waals surface area contributed by atoms with Gasteiger partial charge in [-0.25, -0.2) is 0 Å². The molecule has 0 amide bonds. The van der Waals surface area contributed by atoms with E-state index in [1.54, 1.807) is 0 Å². The fourth-order valence-electron chi connectivity index (χ4n) is 1.43. The molecule has 1 heterocycles. The number of pyridine rings is 1. The average Bonchev–Trinajstić information content (AvgIpc) is 2.26. The number of benzene rings is 1. The molecule has 0 radical (unpaired) electrons. The Hall–Kier alpha value is -1.95. The number of nitrogen functional groups attached to an aromatic ring is 1. The maximum absolute atomic E-state index is 12.6. The molecule has 19 heavy (non-hydrogen) atoms. The molecule has 7 heteroatoms. The van der Waals surface area contributed by atoms with Crippen molar-refractivity contribution in [3.8, 4) is 11.5 Å². The van der Waals surface area contributed by atoms with Gasteiger partial charge in [0.05, 0.1) is 16.8 Å². The summed E-state index contributed by atoms with van der Waals surface area (Å²) in [5.74, 6) is 0.197. The standard InChI is InChI=1S/C12H8ClF3N2O/c13-8-3-11(6-18-5-8)19-10-2-7(12(14,15)16)1-9(17)4-10/h1-6H,17H2. The normalized spacial score (nSPS) is 11.4. The Balaban J connectivity index is 2.33. The third kappa shape index (κ3) is 3.51. The Morgan fingerprint density at radius 2 is 1.79 bits per heavy atom. The van der Waals surface area contributed by atoms with E-state index in [9.17, 15) is 13.2 Å². The van der Waals surface area contributed by atoms with Crippen molar-refractivity contribution >= 4 is 17.3 Å². The van der Waals surface area contributed by atoms with Crippen molar-refractivity contribution in [2.45, 2.75) is 6.18 Å². The van der Waals surface area contributed by atoms with Crippen LogP contribution in [0.1, 0.15) is 5.56 Å². The summed E-state index contributed by atoms with van der Waals surface area (Å²) in [5, 5.41) is 0.317. The number of rotatable bonds is 2. The highest BCUT2D eigenvalue weighted by atomic mass is 35.5. The molecule has 0 atom stereocenters. The van der Waals surface area contributed by atoms with Gasteiger partial charge in [-0.15, -0.1) is 0 Å². The zero-order chi connectivity index (χ0) is 14.0. The predicted octanol–water partition coefficient (Wildman–Crippen LogP) is 4.13. The lowest BCUT2D eigenvalue weighted by Crippen LogP contribution is -2.06. The van der Waals surface area contributed by atoms with E-state index in [1.807, 2.05) is 0 Å². The van der Waals surface area contributed by atoms with Crippen LogP contribution < -0.4 is 10.5 Å². The van der Waals surface area contributed by atoms with E-state index >= 15 is 0 Å². The van der Waals surface area contributed by atoms with Crippen LogP contribution in [0, 0.1) is 0 Å². The van der Waals surface area contributed by atoms with Gasteiger partial charge in [0.2, 0.25) is 0 Å². The topological polar surface area (TPSA) is 48.1 Å². The van der Waals surface area contributed by atoms with Crippen LogP contribution in [0.25, 0.3) is 0 Å². The summed E-state index contributed by atoms with van der Waals surface area (Å²) in [6, 6.07) is 4.42. The Labute approximate surface area is 111 Å². The van der Waals surface area contributed by atoms with E-state index in [0.29, 0.717) is 5.02 Å². The average molecular weight is 289 g/mol. The van der Waals surface area contributed by atoms with Crippen LogP contribution >= 0.6 is 11.6 Å². The Morgan fingerprint density at radius 1 is 1.05 bits per heavy atom. The molecule has 0 saturated carbocycles. The minimum atomic E-state index is -4.49. The summed E-state index contributed by atoms with van der Waals surface area (Å²) >= 11 is 5.70. The Morgan fingerprint density at radius 3 is 2.42 bits per heavy atom. The number of halogens is 4. The fraction of sp³-hybridized carbons (Fsp3) is 0.0833. The highest BCUT2D eigenvalue weighted by Crippen LogP contribution is 2.34. The number of ether oxygens (including phenoxy) is 1. The van der Waals surface area contributed by atoms with E-state index in [2.05, 4.69) is 4.98 Å². The summed E-state index contributed by atoms with van der Waals surface area (Å²) in [6.45, 7) is 0. The Kier molecular flexibility index (Phi) is 3.53. The molecule has 0 saturated heterocycles. The van der Waals surface area contributed by atoms with Crippen LogP contribution in [-0.4, -0.2) is 4.98 Å². The minimum absolute atomic E-state index is 0.0311. The fourth-order valence-corrected chi connectivity index (χ4v) is 1.59. The maximum Gasteiger partial charge on any atom is 0.416 e. The minimum Gasteiger partial charge on any atom is -0.456 e. The molecule has 3 nitrogen and oxygen atoms in total. The summed E-state index contributed by atoms with van der Waals surface area (Å²) in [7, 11) is 0. The van der Waals surface area contributed by atoms with Crippen molar-refractivity contribution in [2.75, 3.05) is 5.73 Å². The number of alkyl halides is 3. The zero-order valence-corrected chi connectivity index (χ0v) is 10.2. The van der Waals surface area contributed by atoms with Crippen molar-refractivity contribution < 1.29 is 17.9 Å². The summed E-state index contributed by atoms with van der Waals surface area (Å²) < 4.78 is 43.1. The van der Waals surface area contributed by atoms with Crippen LogP contribution in [0.15, 0.2) is 36.7 Å². The lowest BCUT2D eigenvalue weighted by molar-refractivity contribution is -0.137. The predicted molar refractivity (Wildman–Crippen MR) is 65.2 cm³/mol. The van der Waals surface area contributed by atoms with Gasteiger partial charge in [0, 0.05) is 24.0 Å². The van der Waals surface area contributed by atoms with Crippen molar-refractivity contribution in [1.82, 2.24) is 4.98 Å². The second-order valence-corrected chi connectivity index (χ2v) is 4.17. The molecular formula is C12H8ClF3N2O. The number of anilines is 1. The van der Waals surface area contributed by atoms with E-state index in [-0.39, 0.29) is 17.2 Å². The van der Waals surface area contributed by atoms with Crippen LogP contribution in [0.2, 0.25) is 5.02 Å². The van der Waals surface area contributed by atoms with Gasteiger partial charge in [0.25, 0.3) is 0 Å². The molecule has 100 valence electrons. The van der Waals surface area contributed by atoms with E-state index in [1.165, 1.54) is 24.5 Å². The number of hydrogen-bond acceptors (Lipinski definition) is 3. The van der Waals surface area contributed by atoms with Gasteiger partial charge in [0.1, 0.15) is 11.5 Å². The number of aromatic nitrogens is 1. The zero-order valence-electron chi connectivity index (χ0n) is 9.41. The molecule has 1 aromatic heterocycles. The largest absolute Gasteiger partial charge is 0.456 e. The van der Waals surface area contributed by atoms with Crippen molar-refractivity contribution in [3.05, 3.63) is 47.2 Å². The van der Waals surface area contributed by atoms with E-state index in [4.69, 9.17) is 22.1 Å². The molecule has 2 rings (SSSR count). The van der Waals surface area contributed by atoms with Crippen LogP contribution in [0.4, 0.5) is 18.9 Å². The molecule has 0 aliphatic rings. The molecule has 1 aromatic carbocycles. The van der Waals surface area contributed by atoms with Crippen LogP contribution in [-0.2, 0) is 6.18 Å². The molecule has 2 N–H and O–H groups in total. The number of nitrogens with two attached hydrogens (primary N) is 1. The molecule has 0 spiro atoms. The SMILES string of the molecule is Nc1cc(Oc2cncc(Cl)c2)cc(C(F)(F)F)c1. The Bertz CT molecular complexity index is 602. The van der Waals surface area contributed by atoms with Crippen molar-refractivity contribution in [1.29, 1.82) is 0 Å². The molecule has 0 aliphatic carbocycles. The maximum atomic E-state index is 12.6. The summed E-state index contributed by atoms with van der Waals surface area (Å²) in [5.41, 5.74) is 4.50. The van der Waals surface area contributed by atoms with Crippen molar-refractivity contribution in [2.24, 2.45) is 0 Å². The third-order valence-corrected chi connectivity index (χ3v) is 2.38. The third-order valence-electron chi connectivity index (χ3n) is 2.17. The monoisotopic (exact) mass is 288 g/mol. The van der Waals surface area contributed by atoms with Crippen LogP contribution in [0.3, 0.4) is 0 Å². The number of nitrogens with zero attached hydrogens (tertiary/aromatic N) is 1. The number of hydrogen-bond donors (Lipinski definition) is 1. The van der Waals surface area contributed by atoms with Gasteiger partial charge >= 0.3 is 6.18 Å². The molecular weight excluding hydrogens is 281 g/mol. The highest BCUT2D eigenvalue weighted by Gasteiger charge is 2.31. The van der Waals surface area contributed by atoms with Gasteiger partial charge in [-0.1, -0.05) is 11.6 Å². The first-order chi connectivity index (χ1) is 8.84. The van der Waals surface area contributed by atoms with Gasteiger partial charge in [-0.05, 0) is 12.1 Å².